The van der Waals surface area contributed by atoms with Crippen LogP contribution in [0, 0.1) is 23.2 Å². The SMILES string of the molecule is CC(C)[Si](OC[C@H](C)C[C@H](C)CC#N)(C(C)C)C(C)C. The molecule has 0 rings (SSSR count). The van der Waals surface area contributed by atoms with E-state index in [0.29, 0.717) is 34.9 Å². The van der Waals surface area contributed by atoms with E-state index in [1.54, 1.807) is 0 Å². The Kier molecular flexibility index (Phi) is 8.70. The molecule has 0 unspecified atom stereocenters. The molecule has 3 heteroatoms. The minimum Gasteiger partial charge on any atom is -0.416 e. The van der Waals surface area contributed by atoms with E-state index in [1.165, 1.54) is 0 Å². The van der Waals surface area contributed by atoms with Gasteiger partial charge in [0.05, 0.1) is 6.07 Å². The monoisotopic (exact) mass is 297 g/mol. The first-order valence-corrected chi connectivity index (χ1v) is 10.3. The normalized spacial score (nSPS) is 15.7. The molecule has 20 heavy (non-hydrogen) atoms. The van der Waals surface area contributed by atoms with Gasteiger partial charge in [-0.15, -0.1) is 0 Å². The Labute approximate surface area is 128 Å². The third-order valence-electron chi connectivity index (χ3n) is 4.57. The van der Waals surface area contributed by atoms with Gasteiger partial charge in [-0.2, -0.15) is 5.26 Å². The van der Waals surface area contributed by atoms with Gasteiger partial charge in [0, 0.05) is 13.0 Å². The second-order valence-electron chi connectivity index (χ2n) is 7.44. The lowest BCUT2D eigenvalue weighted by Gasteiger charge is -2.43. The highest BCUT2D eigenvalue weighted by atomic mass is 28.4. The highest BCUT2D eigenvalue weighted by molar-refractivity contribution is 6.77. The summed E-state index contributed by atoms with van der Waals surface area (Å²) in [6.45, 7) is 19.3. The van der Waals surface area contributed by atoms with E-state index in [2.05, 4.69) is 61.5 Å². The van der Waals surface area contributed by atoms with Crippen molar-refractivity contribution in [2.24, 2.45) is 11.8 Å². The van der Waals surface area contributed by atoms with Crippen LogP contribution in [0.4, 0.5) is 0 Å². The Balaban J connectivity index is 4.67. The molecule has 0 N–H and O–H groups in total. The van der Waals surface area contributed by atoms with Gasteiger partial charge in [0.15, 0.2) is 8.32 Å². The highest BCUT2D eigenvalue weighted by Crippen LogP contribution is 2.42. The molecule has 0 radical (unpaired) electrons. The van der Waals surface area contributed by atoms with Crippen molar-refractivity contribution in [3.63, 3.8) is 0 Å². The van der Waals surface area contributed by atoms with Gasteiger partial charge >= 0.3 is 0 Å². The third-order valence-corrected chi connectivity index (χ3v) is 10.7. The van der Waals surface area contributed by atoms with Gasteiger partial charge < -0.3 is 4.43 Å². The molecule has 2 atom stereocenters. The molecule has 0 aromatic carbocycles. The summed E-state index contributed by atoms with van der Waals surface area (Å²) in [4.78, 5) is 0. The zero-order valence-corrected chi connectivity index (χ0v) is 15.9. The van der Waals surface area contributed by atoms with Crippen LogP contribution < -0.4 is 0 Å². The first-order chi connectivity index (χ1) is 9.18. The van der Waals surface area contributed by atoms with Crippen LogP contribution in [-0.4, -0.2) is 14.9 Å². The molecule has 2 nitrogen and oxygen atoms in total. The molecule has 0 aromatic rings. The number of hydrogen-bond donors (Lipinski definition) is 0. The van der Waals surface area contributed by atoms with Gasteiger partial charge in [-0.05, 0) is 34.9 Å². The summed E-state index contributed by atoms with van der Waals surface area (Å²) in [6, 6.07) is 2.27. The van der Waals surface area contributed by atoms with Gasteiger partial charge in [-0.3, -0.25) is 0 Å². The fourth-order valence-electron chi connectivity index (χ4n) is 3.78. The average Bonchev–Trinajstić information content (AvgIpc) is 2.28. The molecule has 0 spiro atoms. The van der Waals surface area contributed by atoms with Crippen molar-refractivity contribution in [2.75, 3.05) is 6.61 Å². The Morgan fingerprint density at radius 2 is 1.30 bits per heavy atom. The van der Waals surface area contributed by atoms with Crippen LogP contribution in [0.2, 0.25) is 16.6 Å². The van der Waals surface area contributed by atoms with Crippen molar-refractivity contribution in [2.45, 2.75) is 84.9 Å². The first kappa shape index (κ1) is 19.7. The first-order valence-electron chi connectivity index (χ1n) is 8.19. The molecule has 0 bridgehead atoms. The van der Waals surface area contributed by atoms with Crippen molar-refractivity contribution in [1.82, 2.24) is 0 Å². The van der Waals surface area contributed by atoms with Crippen molar-refractivity contribution in [3.05, 3.63) is 0 Å². The largest absolute Gasteiger partial charge is 0.416 e. The topological polar surface area (TPSA) is 33.0 Å². The van der Waals surface area contributed by atoms with Crippen molar-refractivity contribution in [1.29, 1.82) is 5.26 Å². The molecule has 0 heterocycles. The van der Waals surface area contributed by atoms with Gasteiger partial charge in [-0.25, -0.2) is 0 Å². The Bertz CT molecular complexity index is 285. The van der Waals surface area contributed by atoms with Crippen LogP contribution in [0.5, 0.6) is 0 Å². The third kappa shape index (κ3) is 5.22. The van der Waals surface area contributed by atoms with Crippen LogP contribution in [0.1, 0.15) is 68.2 Å². The van der Waals surface area contributed by atoms with Crippen molar-refractivity contribution < 1.29 is 4.43 Å². The fraction of sp³-hybridized carbons (Fsp3) is 0.941. The summed E-state index contributed by atoms with van der Waals surface area (Å²) >= 11 is 0. The van der Waals surface area contributed by atoms with Crippen LogP contribution in [0.3, 0.4) is 0 Å². The molecule has 0 amide bonds. The number of nitrogens with zero attached hydrogens (tertiary/aromatic N) is 1. The van der Waals surface area contributed by atoms with Crippen LogP contribution in [-0.2, 0) is 4.43 Å². The standard InChI is InChI=1S/C17H35NOSi/c1-13(2)20(14(3)4,15(5)6)19-12-17(8)11-16(7)9-10-18/h13-17H,9,11-12H2,1-8H3/t16-,17-/m1/s1. The molecule has 0 aliphatic rings. The maximum Gasteiger partial charge on any atom is 0.200 e. The Morgan fingerprint density at radius 3 is 1.65 bits per heavy atom. The lowest BCUT2D eigenvalue weighted by atomic mass is 9.96. The van der Waals surface area contributed by atoms with E-state index in [9.17, 15) is 0 Å². The van der Waals surface area contributed by atoms with E-state index >= 15 is 0 Å². The molecule has 0 saturated heterocycles. The Hall–Kier alpha value is -0.333. The highest BCUT2D eigenvalue weighted by Gasteiger charge is 2.45. The number of rotatable bonds is 9. The number of hydrogen-bond acceptors (Lipinski definition) is 2. The summed E-state index contributed by atoms with van der Waals surface area (Å²) in [5.41, 5.74) is 1.93. The molecule has 0 aliphatic carbocycles. The lowest BCUT2D eigenvalue weighted by Crippen LogP contribution is -2.48. The van der Waals surface area contributed by atoms with Gasteiger partial charge in [0.1, 0.15) is 0 Å². The van der Waals surface area contributed by atoms with Crippen LogP contribution in [0.15, 0.2) is 0 Å². The zero-order chi connectivity index (χ0) is 15.9. The second kappa shape index (κ2) is 8.84. The molecule has 0 fully saturated rings. The van der Waals surface area contributed by atoms with Crippen LogP contribution >= 0.6 is 0 Å². The predicted molar refractivity (Wildman–Crippen MR) is 90.2 cm³/mol. The predicted octanol–water partition coefficient (Wildman–Crippen LogP) is 5.75. The van der Waals surface area contributed by atoms with E-state index < -0.39 is 8.32 Å². The van der Waals surface area contributed by atoms with E-state index in [4.69, 9.17) is 9.69 Å². The summed E-state index contributed by atoms with van der Waals surface area (Å²) in [7, 11) is -1.72. The fourth-order valence-corrected chi connectivity index (χ4v) is 9.35. The Morgan fingerprint density at radius 1 is 0.850 bits per heavy atom. The van der Waals surface area contributed by atoms with E-state index in [0.717, 1.165) is 13.0 Å². The number of nitriles is 1. The molecular weight excluding hydrogens is 262 g/mol. The molecule has 0 saturated carbocycles. The minimum atomic E-state index is -1.72. The van der Waals surface area contributed by atoms with E-state index in [1.807, 2.05) is 0 Å². The average molecular weight is 298 g/mol. The van der Waals surface area contributed by atoms with Crippen molar-refractivity contribution in [3.8, 4) is 6.07 Å². The second-order valence-corrected chi connectivity index (χ2v) is 12.9. The summed E-state index contributed by atoms with van der Waals surface area (Å²) < 4.78 is 6.61. The zero-order valence-electron chi connectivity index (χ0n) is 14.9. The minimum absolute atomic E-state index is 0.479. The maximum absolute atomic E-state index is 8.75. The molecular formula is C17H35NOSi. The summed E-state index contributed by atoms with van der Waals surface area (Å²) in [5.74, 6) is 1.02. The van der Waals surface area contributed by atoms with Crippen molar-refractivity contribution >= 4 is 8.32 Å². The smallest absolute Gasteiger partial charge is 0.200 e. The lowest BCUT2D eigenvalue weighted by molar-refractivity contribution is 0.211. The molecule has 0 aliphatic heterocycles. The van der Waals surface area contributed by atoms with E-state index in [-0.39, 0.29) is 0 Å². The summed E-state index contributed by atoms with van der Waals surface area (Å²) in [5, 5.41) is 8.75. The summed E-state index contributed by atoms with van der Waals surface area (Å²) in [6.07, 6.45) is 1.75. The van der Waals surface area contributed by atoms with Crippen LogP contribution in [0.25, 0.3) is 0 Å². The quantitative estimate of drug-likeness (QED) is 0.507. The molecule has 118 valence electrons. The molecule has 0 aromatic heterocycles. The van der Waals surface area contributed by atoms with Gasteiger partial charge in [0.2, 0.25) is 0 Å². The van der Waals surface area contributed by atoms with Gasteiger partial charge in [-0.1, -0.05) is 55.4 Å². The van der Waals surface area contributed by atoms with Gasteiger partial charge in [0.25, 0.3) is 0 Å². The maximum atomic E-state index is 8.75.